The van der Waals surface area contributed by atoms with Crippen LogP contribution in [0.4, 0.5) is 0 Å². The van der Waals surface area contributed by atoms with Crippen molar-refractivity contribution in [2.45, 2.75) is 5.03 Å². The second-order valence-corrected chi connectivity index (χ2v) is 5.17. The van der Waals surface area contributed by atoms with E-state index in [9.17, 15) is 4.79 Å². The molecule has 0 saturated carbocycles. The number of carbonyl (C=O) groups is 1. The maximum Gasteiger partial charge on any atom is 0.250 e. The van der Waals surface area contributed by atoms with Crippen LogP contribution in [0.25, 0.3) is 0 Å². The smallest absolute Gasteiger partial charge is 0.250 e. The lowest BCUT2D eigenvalue weighted by Gasteiger charge is -2.00. The third-order valence-electron chi connectivity index (χ3n) is 2.29. The number of benzene rings is 1. The number of rotatable bonds is 5. The van der Waals surface area contributed by atoms with Gasteiger partial charge in [0.1, 0.15) is 0 Å². The zero-order valence-electron chi connectivity index (χ0n) is 10.5. The molecule has 2 rings (SSSR count). The summed E-state index contributed by atoms with van der Waals surface area (Å²) in [5, 5.41) is 5.27. The molecule has 0 aliphatic rings. The van der Waals surface area contributed by atoms with Gasteiger partial charge in [-0.2, -0.15) is 5.10 Å². The number of pyridine rings is 1. The summed E-state index contributed by atoms with van der Waals surface area (Å²) < 4.78 is 0. The molecule has 1 N–H and O–H groups in total. The Kier molecular flexibility index (Phi) is 5.58. The number of aromatic nitrogens is 1. The first kappa shape index (κ1) is 14.6. The number of hydrogen-bond donors (Lipinski definition) is 1. The molecule has 0 atom stereocenters. The van der Waals surface area contributed by atoms with Crippen LogP contribution in [0.5, 0.6) is 0 Å². The van der Waals surface area contributed by atoms with Crippen molar-refractivity contribution < 1.29 is 4.79 Å². The van der Waals surface area contributed by atoms with Gasteiger partial charge in [-0.3, -0.25) is 4.79 Å². The molecule has 6 heteroatoms. The fourth-order valence-corrected chi connectivity index (χ4v) is 2.20. The van der Waals surface area contributed by atoms with Crippen molar-refractivity contribution in [2.75, 3.05) is 5.75 Å². The van der Waals surface area contributed by atoms with Gasteiger partial charge in [0.15, 0.2) is 0 Å². The van der Waals surface area contributed by atoms with Crippen molar-refractivity contribution in [2.24, 2.45) is 5.10 Å². The minimum Gasteiger partial charge on any atom is -0.272 e. The van der Waals surface area contributed by atoms with Gasteiger partial charge in [0.2, 0.25) is 5.91 Å². The monoisotopic (exact) mass is 305 g/mol. The van der Waals surface area contributed by atoms with Crippen LogP contribution in [0, 0.1) is 0 Å². The molecule has 0 spiro atoms. The molecule has 0 radical (unpaired) electrons. The average molecular weight is 306 g/mol. The van der Waals surface area contributed by atoms with Gasteiger partial charge in [-0.25, -0.2) is 10.4 Å². The van der Waals surface area contributed by atoms with Gasteiger partial charge in [-0.05, 0) is 18.2 Å². The van der Waals surface area contributed by atoms with Crippen molar-refractivity contribution in [1.82, 2.24) is 10.4 Å². The lowest BCUT2D eigenvalue weighted by molar-refractivity contribution is -0.118. The number of amides is 1. The van der Waals surface area contributed by atoms with Crippen molar-refractivity contribution in [3.8, 4) is 0 Å². The minimum absolute atomic E-state index is 0.191. The fraction of sp³-hybridized carbons (Fsp3) is 0.0714. The van der Waals surface area contributed by atoms with E-state index < -0.39 is 0 Å². The predicted molar refractivity (Wildman–Crippen MR) is 82.1 cm³/mol. The summed E-state index contributed by atoms with van der Waals surface area (Å²) in [6.07, 6.45) is 3.21. The summed E-state index contributed by atoms with van der Waals surface area (Å²) in [4.78, 5) is 15.7. The lowest BCUT2D eigenvalue weighted by atomic mass is 10.2. The van der Waals surface area contributed by atoms with E-state index in [0.29, 0.717) is 5.02 Å². The molecule has 0 fully saturated rings. The lowest BCUT2D eigenvalue weighted by Crippen LogP contribution is -2.19. The van der Waals surface area contributed by atoms with Crippen LogP contribution in [0.1, 0.15) is 5.56 Å². The van der Waals surface area contributed by atoms with Crippen LogP contribution >= 0.6 is 23.4 Å². The third-order valence-corrected chi connectivity index (χ3v) is 3.57. The van der Waals surface area contributed by atoms with Gasteiger partial charge in [0.25, 0.3) is 0 Å². The highest BCUT2D eigenvalue weighted by molar-refractivity contribution is 7.99. The predicted octanol–water partition coefficient (Wildman–Crippen LogP) is 2.98. The Labute approximate surface area is 126 Å². The highest BCUT2D eigenvalue weighted by atomic mass is 35.5. The second kappa shape index (κ2) is 7.67. The van der Waals surface area contributed by atoms with Gasteiger partial charge in [-0.1, -0.05) is 47.6 Å². The summed E-state index contributed by atoms with van der Waals surface area (Å²) in [5.41, 5.74) is 3.21. The molecule has 2 aromatic rings. The number of hydrazone groups is 1. The van der Waals surface area contributed by atoms with Crippen LogP contribution in [0.3, 0.4) is 0 Å². The molecule has 102 valence electrons. The summed E-state index contributed by atoms with van der Waals surface area (Å²) in [6, 6.07) is 12.8. The van der Waals surface area contributed by atoms with E-state index in [-0.39, 0.29) is 11.7 Å². The van der Waals surface area contributed by atoms with Gasteiger partial charge in [0, 0.05) is 16.8 Å². The molecule has 1 heterocycles. The van der Waals surface area contributed by atoms with Crippen molar-refractivity contribution in [1.29, 1.82) is 0 Å². The highest BCUT2D eigenvalue weighted by Gasteiger charge is 2.02. The van der Waals surface area contributed by atoms with E-state index >= 15 is 0 Å². The molecule has 0 bridgehead atoms. The van der Waals surface area contributed by atoms with E-state index in [1.54, 1.807) is 12.3 Å². The number of halogens is 1. The largest absolute Gasteiger partial charge is 0.272 e. The summed E-state index contributed by atoms with van der Waals surface area (Å²) in [6.45, 7) is 0. The van der Waals surface area contributed by atoms with E-state index in [1.807, 2.05) is 36.4 Å². The first-order chi connectivity index (χ1) is 9.75. The summed E-state index contributed by atoms with van der Waals surface area (Å²) in [7, 11) is 0. The number of nitrogens with zero attached hydrogens (tertiary/aromatic N) is 2. The van der Waals surface area contributed by atoms with E-state index in [4.69, 9.17) is 11.6 Å². The number of hydrogen-bond acceptors (Lipinski definition) is 4. The zero-order valence-corrected chi connectivity index (χ0v) is 12.1. The number of thioether (sulfide) groups is 1. The molecule has 1 aromatic heterocycles. The molecule has 0 aliphatic carbocycles. The maximum atomic E-state index is 11.6. The SMILES string of the molecule is O=C(CSc1ccccn1)N/N=C/c1ccccc1Cl. The van der Waals surface area contributed by atoms with Crippen molar-refractivity contribution >= 4 is 35.5 Å². The number of nitrogens with one attached hydrogen (secondary N) is 1. The first-order valence-corrected chi connectivity index (χ1v) is 7.22. The van der Waals surface area contributed by atoms with E-state index in [2.05, 4.69) is 15.5 Å². The maximum absolute atomic E-state index is 11.6. The molecular weight excluding hydrogens is 294 g/mol. The normalized spacial score (nSPS) is 10.7. The van der Waals surface area contributed by atoms with Crippen molar-refractivity contribution in [3.63, 3.8) is 0 Å². The molecule has 0 unspecified atom stereocenters. The average Bonchev–Trinajstić information content (AvgIpc) is 2.48. The zero-order chi connectivity index (χ0) is 14.2. The molecule has 20 heavy (non-hydrogen) atoms. The Morgan fingerprint density at radius 2 is 2.10 bits per heavy atom. The van der Waals surface area contributed by atoms with Gasteiger partial charge in [0.05, 0.1) is 17.0 Å². The summed E-state index contributed by atoms with van der Waals surface area (Å²) in [5.74, 6) is 0.0700. The fourth-order valence-electron chi connectivity index (χ4n) is 1.36. The Bertz CT molecular complexity index is 604. The minimum atomic E-state index is -0.191. The second-order valence-electron chi connectivity index (χ2n) is 3.77. The standard InChI is InChI=1S/C14H12ClN3OS/c15-12-6-2-1-5-11(12)9-17-18-13(19)10-20-14-7-3-4-8-16-14/h1-9H,10H2,(H,18,19)/b17-9+. The first-order valence-electron chi connectivity index (χ1n) is 5.86. The Hall–Kier alpha value is -1.85. The van der Waals surface area contributed by atoms with Gasteiger partial charge in [-0.15, -0.1) is 0 Å². The van der Waals surface area contributed by atoms with Gasteiger partial charge >= 0.3 is 0 Å². The quantitative estimate of drug-likeness (QED) is 0.525. The van der Waals surface area contributed by atoms with Crippen LogP contribution in [0.15, 0.2) is 58.8 Å². The Morgan fingerprint density at radius 3 is 2.85 bits per heavy atom. The topological polar surface area (TPSA) is 54.4 Å². The highest BCUT2D eigenvalue weighted by Crippen LogP contribution is 2.13. The molecule has 1 amide bonds. The Morgan fingerprint density at radius 1 is 1.30 bits per heavy atom. The third kappa shape index (κ3) is 4.68. The van der Waals surface area contributed by atoms with Crippen LogP contribution in [-0.4, -0.2) is 22.9 Å². The van der Waals surface area contributed by atoms with Crippen LogP contribution < -0.4 is 5.43 Å². The molecule has 0 saturated heterocycles. The van der Waals surface area contributed by atoms with Crippen molar-refractivity contribution in [3.05, 3.63) is 59.2 Å². The number of carbonyl (C=O) groups excluding carboxylic acids is 1. The van der Waals surface area contributed by atoms with Crippen LogP contribution in [0.2, 0.25) is 5.02 Å². The molecule has 0 aliphatic heterocycles. The van der Waals surface area contributed by atoms with E-state index in [1.165, 1.54) is 18.0 Å². The summed E-state index contributed by atoms with van der Waals surface area (Å²) >= 11 is 7.32. The Balaban J connectivity index is 1.79. The van der Waals surface area contributed by atoms with E-state index in [0.717, 1.165) is 10.6 Å². The molecular formula is C14H12ClN3OS. The van der Waals surface area contributed by atoms with Crippen LogP contribution in [-0.2, 0) is 4.79 Å². The molecule has 4 nitrogen and oxygen atoms in total. The van der Waals surface area contributed by atoms with Gasteiger partial charge < -0.3 is 0 Å². The molecule has 1 aromatic carbocycles.